The van der Waals surface area contributed by atoms with Gasteiger partial charge in [-0.3, -0.25) is 0 Å². The number of hydrogen-bond acceptors (Lipinski definition) is 3. The van der Waals surface area contributed by atoms with Gasteiger partial charge in [0.2, 0.25) is 0 Å². The Morgan fingerprint density at radius 1 is 1.62 bits per heavy atom. The van der Waals surface area contributed by atoms with E-state index in [1.165, 1.54) is 0 Å². The lowest BCUT2D eigenvalue weighted by molar-refractivity contribution is 0.157. The standard InChI is InChI=1S/C9H18N2O2/c1-2-3-4-5-11-8(6-10)7-13-9(11)12/h8H,2-7,10H2,1H3. The van der Waals surface area contributed by atoms with Crippen molar-refractivity contribution in [2.24, 2.45) is 5.73 Å². The molecule has 0 aromatic carbocycles. The number of unbranched alkanes of at least 4 members (excludes halogenated alkanes) is 2. The maximum Gasteiger partial charge on any atom is 0.410 e. The summed E-state index contributed by atoms with van der Waals surface area (Å²) < 4.78 is 4.91. The molecule has 0 aliphatic carbocycles. The molecule has 1 rings (SSSR count). The Labute approximate surface area is 79.0 Å². The molecule has 1 aliphatic heterocycles. The van der Waals surface area contributed by atoms with Gasteiger partial charge in [-0.15, -0.1) is 0 Å². The highest BCUT2D eigenvalue weighted by molar-refractivity contribution is 5.70. The molecule has 0 bridgehead atoms. The first-order valence-electron chi connectivity index (χ1n) is 4.93. The van der Waals surface area contributed by atoms with Gasteiger partial charge in [-0.2, -0.15) is 0 Å². The molecule has 0 aromatic rings. The number of nitrogens with zero attached hydrogens (tertiary/aromatic N) is 1. The van der Waals surface area contributed by atoms with Crippen LogP contribution >= 0.6 is 0 Å². The van der Waals surface area contributed by atoms with E-state index < -0.39 is 0 Å². The Morgan fingerprint density at radius 3 is 3.00 bits per heavy atom. The van der Waals surface area contributed by atoms with Gasteiger partial charge in [-0.1, -0.05) is 19.8 Å². The second-order valence-electron chi connectivity index (χ2n) is 3.37. The molecular formula is C9H18N2O2. The molecule has 1 amide bonds. The molecule has 1 heterocycles. The van der Waals surface area contributed by atoms with E-state index in [4.69, 9.17) is 10.5 Å². The average Bonchev–Trinajstić information content (AvgIpc) is 2.48. The van der Waals surface area contributed by atoms with Gasteiger partial charge >= 0.3 is 6.09 Å². The van der Waals surface area contributed by atoms with E-state index in [2.05, 4.69) is 6.92 Å². The molecule has 13 heavy (non-hydrogen) atoms. The molecule has 2 N–H and O–H groups in total. The van der Waals surface area contributed by atoms with Crippen LogP contribution < -0.4 is 5.73 Å². The molecule has 0 spiro atoms. The number of ether oxygens (including phenoxy) is 1. The highest BCUT2D eigenvalue weighted by Crippen LogP contribution is 2.12. The van der Waals surface area contributed by atoms with E-state index in [9.17, 15) is 4.79 Å². The van der Waals surface area contributed by atoms with Gasteiger partial charge in [0.05, 0.1) is 6.04 Å². The van der Waals surface area contributed by atoms with Crippen molar-refractivity contribution < 1.29 is 9.53 Å². The molecule has 1 saturated heterocycles. The van der Waals surface area contributed by atoms with Crippen molar-refractivity contribution in [2.75, 3.05) is 19.7 Å². The average molecular weight is 186 g/mol. The zero-order valence-corrected chi connectivity index (χ0v) is 8.16. The molecule has 0 aromatic heterocycles. The Kier molecular flexibility index (Phi) is 4.02. The van der Waals surface area contributed by atoms with Crippen LogP contribution in [0.4, 0.5) is 4.79 Å². The number of nitrogens with two attached hydrogens (primary N) is 1. The van der Waals surface area contributed by atoms with Gasteiger partial charge in [0.1, 0.15) is 6.61 Å². The Morgan fingerprint density at radius 2 is 2.38 bits per heavy atom. The fourth-order valence-corrected chi connectivity index (χ4v) is 1.49. The quantitative estimate of drug-likeness (QED) is 0.650. The lowest BCUT2D eigenvalue weighted by Gasteiger charge is -2.19. The molecule has 1 atom stereocenters. The van der Waals surface area contributed by atoms with Gasteiger partial charge in [0.25, 0.3) is 0 Å². The number of amides is 1. The van der Waals surface area contributed by atoms with Crippen LogP contribution in [0.25, 0.3) is 0 Å². The zero-order valence-electron chi connectivity index (χ0n) is 8.16. The van der Waals surface area contributed by atoms with E-state index in [1.54, 1.807) is 4.90 Å². The summed E-state index contributed by atoms with van der Waals surface area (Å²) in [6, 6.07) is 0.101. The maximum atomic E-state index is 11.2. The van der Waals surface area contributed by atoms with Gasteiger partial charge in [-0.05, 0) is 6.42 Å². The summed E-state index contributed by atoms with van der Waals surface area (Å²) in [5.41, 5.74) is 5.52. The minimum atomic E-state index is -0.202. The van der Waals surface area contributed by atoms with Crippen LogP contribution in [-0.2, 0) is 4.74 Å². The Balaban J connectivity index is 2.31. The van der Waals surface area contributed by atoms with E-state index in [0.717, 1.165) is 25.8 Å². The highest BCUT2D eigenvalue weighted by atomic mass is 16.6. The first-order valence-corrected chi connectivity index (χ1v) is 4.93. The number of hydrogen-bond donors (Lipinski definition) is 1. The molecule has 1 unspecified atom stereocenters. The molecule has 4 heteroatoms. The summed E-state index contributed by atoms with van der Waals surface area (Å²) in [6.07, 6.45) is 3.16. The fraction of sp³-hybridized carbons (Fsp3) is 0.889. The van der Waals surface area contributed by atoms with Crippen LogP contribution in [0.3, 0.4) is 0 Å². The summed E-state index contributed by atoms with van der Waals surface area (Å²) in [6.45, 7) is 3.89. The molecule has 1 fully saturated rings. The predicted molar refractivity (Wildman–Crippen MR) is 50.4 cm³/mol. The predicted octanol–water partition coefficient (Wildman–Crippen LogP) is 0.956. The Hall–Kier alpha value is -0.770. The van der Waals surface area contributed by atoms with Crippen molar-refractivity contribution in [1.29, 1.82) is 0 Å². The van der Waals surface area contributed by atoms with Crippen molar-refractivity contribution in [3.8, 4) is 0 Å². The molecule has 0 saturated carbocycles. The first kappa shape index (κ1) is 10.3. The fourth-order valence-electron chi connectivity index (χ4n) is 1.49. The summed E-state index contributed by atoms with van der Waals surface area (Å²) in [4.78, 5) is 12.9. The summed E-state index contributed by atoms with van der Waals surface area (Å²) in [7, 11) is 0. The molecular weight excluding hydrogens is 168 g/mol. The van der Waals surface area contributed by atoms with Crippen LogP contribution in [0, 0.1) is 0 Å². The SMILES string of the molecule is CCCCCN1C(=O)OCC1CN. The lowest BCUT2D eigenvalue weighted by atomic mass is 10.2. The van der Waals surface area contributed by atoms with E-state index in [1.807, 2.05) is 0 Å². The van der Waals surface area contributed by atoms with Gasteiger partial charge < -0.3 is 15.4 Å². The third kappa shape index (κ3) is 2.59. The number of carbonyl (C=O) groups is 1. The Bertz CT molecular complexity index is 173. The maximum absolute atomic E-state index is 11.2. The minimum Gasteiger partial charge on any atom is -0.447 e. The topological polar surface area (TPSA) is 55.6 Å². The summed E-state index contributed by atoms with van der Waals surface area (Å²) in [5.74, 6) is 0. The van der Waals surface area contributed by atoms with Crippen molar-refractivity contribution in [3.63, 3.8) is 0 Å². The third-order valence-electron chi connectivity index (χ3n) is 2.35. The first-order chi connectivity index (χ1) is 6.29. The minimum absolute atomic E-state index is 0.101. The van der Waals surface area contributed by atoms with Gasteiger partial charge in [0, 0.05) is 13.1 Å². The summed E-state index contributed by atoms with van der Waals surface area (Å²) in [5, 5.41) is 0. The number of cyclic esters (lactones) is 1. The second-order valence-corrected chi connectivity index (χ2v) is 3.37. The second kappa shape index (κ2) is 5.07. The molecule has 76 valence electrons. The largest absolute Gasteiger partial charge is 0.447 e. The van der Waals surface area contributed by atoms with E-state index in [-0.39, 0.29) is 12.1 Å². The lowest BCUT2D eigenvalue weighted by Crippen LogP contribution is -2.39. The number of carbonyl (C=O) groups excluding carboxylic acids is 1. The molecule has 0 radical (unpaired) electrons. The number of rotatable bonds is 5. The molecule has 4 nitrogen and oxygen atoms in total. The van der Waals surface area contributed by atoms with Crippen molar-refractivity contribution in [1.82, 2.24) is 4.90 Å². The van der Waals surface area contributed by atoms with Crippen LogP contribution in [0.1, 0.15) is 26.2 Å². The van der Waals surface area contributed by atoms with Crippen LogP contribution in [0.2, 0.25) is 0 Å². The van der Waals surface area contributed by atoms with Crippen LogP contribution in [0.15, 0.2) is 0 Å². The summed E-state index contributed by atoms with van der Waals surface area (Å²) >= 11 is 0. The normalized spacial score (nSPS) is 22.2. The van der Waals surface area contributed by atoms with E-state index >= 15 is 0 Å². The van der Waals surface area contributed by atoms with Gasteiger partial charge in [0.15, 0.2) is 0 Å². The monoisotopic (exact) mass is 186 g/mol. The smallest absolute Gasteiger partial charge is 0.410 e. The van der Waals surface area contributed by atoms with E-state index in [0.29, 0.717) is 13.2 Å². The third-order valence-corrected chi connectivity index (χ3v) is 2.35. The van der Waals surface area contributed by atoms with Crippen molar-refractivity contribution in [3.05, 3.63) is 0 Å². The van der Waals surface area contributed by atoms with Crippen LogP contribution in [-0.4, -0.2) is 36.7 Å². The highest BCUT2D eigenvalue weighted by Gasteiger charge is 2.30. The van der Waals surface area contributed by atoms with Crippen molar-refractivity contribution >= 4 is 6.09 Å². The van der Waals surface area contributed by atoms with Crippen molar-refractivity contribution in [2.45, 2.75) is 32.2 Å². The zero-order chi connectivity index (χ0) is 9.68. The van der Waals surface area contributed by atoms with Crippen LogP contribution in [0.5, 0.6) is 0 Å². The van der Waals surface area contributed by atoms with Gasteiger partial charge in [-0.25, -0.2) is 4.79 Å². The molecule has 1 aliphatic rings.